The van der Waals surface area contributed by atoms with Gasteiger partial charge in [-0.05, 0) is 6.07 Å². The van der Waals surface area contributed by atoms with Crippen molar-refractivity contribution in [2.45, 2.75) is 6.54 Å². The van der Waals surface area contributed by atoms with Crippen molar-refractivity contribution < 1.29 is 4.79 Å². The summed E-state index contributed by atoms with van der Waals surface area (Å²) in [6, 6.07) is 4.97. The molecule has 0 radical (unpaired) electrons. The molecule has 15 heavy (non-hydrogen) atoms. The van der Waals surface area contributed by atoms with Gasteiger partial charge >= 0.3 is 0 Å². The lowest BCUT2D eigenvalue weighted by atomic mass is 10.4. The largest absolute Gasteiger partial charge is 0.309 e. The van der Waals surface area contributed by atoms with E-state index in [-0.39, 0.29) is 5.56 Å². The van der Waals surface area contributed by atoms with Gasteiger partial charge in [-0.2, -0.15) is 0 Å². The van der Waals surface area contributed by atoms with Crippen molar-refractivity contribution >= 4 is 17.6 Å². The van der Waals surface area contributed by atoms with Gasteiger partial charge in [-0.1, -0.05) is 6.07 Å². The van der Waals surface area contributed by atoms with Crippen molar-refractivity contribution in [2.75, 3.05) is 0 Å². The number of nitrogens with zero attached hydrogens (tertiary/aromatic N) is 2. The van der Waals surface area contributed by atoms with Crippen LogP contribution in [0, 0.1) is 0 Å². The van der Waals surface area contributed by atoms with Gasteiger partial charge in [0.25, 0.3) is 5.56 Å². The molecule has 0 N–H and O–H groups in total. The topological polar surface area (TPSA) is 52.0 Å². The van der Waals surface area contributed by atoms with Crippen LogP contribution < -0.4 is 5.56 Å². The molecule has 0 saturated carbocycles. The lowest BCUT2D eigenvalue weighted by molar-refractivity contribution is 0.112. The minimum atomic E-state index is -0.0691. The minimum Gasteiger partial charge on any atom is -0.309 e. The number of thiazole rings is 1. The number of aldehydes is 1. The van der Waals surface area contributed by atoms with Crippen LogP contribution in [0.25, 0.3) is 0 Å². The van der Waals surface area contributed by atoms with Gasteiger partial charge in [-0.15, -0.1) is 11.3 Å². The Morgan fingerprint density at radius 2 is 2.33 bits per heavy atom. The molecule has 0 spiro atoms. The third-order valence-corrected chi connectivity index (χ3v) is 2.80. The zero-order valence-electron chi connectivity index (χ0n) is 7.79. The lowest BCUT2D eigenvalue weighted by Crippen LogP contribution is -2.17. The predicted octanol–water partition coefficient (Wildman–Crippen LogP) is 1.17. The second kappa shape index (κ2) is 4.18. The summed E-state index contributed by atoms with van der Waals surface area (Å²) in [5.74, 6) is 0. The van der Waals surface area contributed by atoms with Crippen molar-refractivity contribution in [3.63, 3.8) is 0 Å². The monoisotopic (exact) mass is 220 g/mol. The first-order valence-corrected chi connectivity index (χ1v) is 5.16. The quantitative estimate of drug-likeness (QED) is 0.729. The van der Waals surface area contributed by atoms with E-state index in [1.807, 2.05) is 0 Å². The SMILES string of the molecule is O=Cc1cnc(Cn2ccccc2=O)s1. The van der Waals surface area contributed by atoms with Crippen molar-refractivity contribution in [2.24, 2.45) is 0 Å². The summed E-state index contributed by atoms with van der Waals surface area (Å²) in [7, 11) is 0. The number of hydrogen-bond donors (Lipinski definition) is 0. The van der Waals surface area contributed by atoms with Crippen LogP contribution in [0.15, 0.2) is 35.4 Å². The Hall–Kier alpha value is -1.75. The summed E-state index contributed by atoms with van der Waals surface area (Å²) in [5, 5.41) is 0.755. The standard InChI is InChI=1S/C10H8N2O2S/c13-7-8-5-11-9(15-8)6-12-4-2-1-3-10(12)14/h1-5,7H,6H2. The molecule has 0 unspecified atom stereocenters. The number of hydrogen-bond acceptors (Lipinski definition) is 4. The zero-order valence-corrected chi connectivity index (χ0v) is 8.61. The van der Waals surface area contributed by atoms with E-state index in [9.17, 15) is 9.59 Å². The van der Waals surface area contributed by atoms with Gasteiger partial charge in [0.1, 0.15) is 5.01 Å². The molecular formula is C10H8N2O2S. The molecule has 0 bridgehead atoms. The van der Waals surface area contributed by atoms with Crippen molar-refractivity contribution in [1.29, 1.82) is 0 Å². The van der Waals surface area contributed by atoms with Crippen molar-refractivity contribution in [3.8, 4) is 0 Å². The molecule has 2 heterocycles. The highest BCUT2D eigenvalue weighted by Crippen LogP contribution is 2.10. The smallest absolute Gasteiger partial charge is 0.250 e. The number of aromatic nitrogens is 2. The molecule has 2 aromatic heterocycles. The first-order valence-electron chi connectivity index (χ1n) is 4.35. The molecular weight excluding hydrogens is 212 g/mol. The van der Waals surface area contributed by atoms with Crippen LogP contribution in [-0.4, -0.2) is 15.8 Å². The Kier molecular flexibility index (Phi) is 2.73. The van der Waals surface area contributed by atoms with Gasteiger partial charge in [-0.3, -0.25) is 9.59 Å². The molecule has 0 aliphatic heterocycles. The second-order valence-electron chi connectivity index (χ2n) is 2.94. The summed E-state index contributed by atoms with van der Waals surface area (Å²) in [6.45, 7) is 0.415. The summed E-state index contributed by atoms with van der Waals surface area (Å²) >= 11 is 1.30. The molecule has 0 saturated heterocycles. The van der Waals surface area contributed by atoms with Crippen LogP contribution in [0.4, 0.5) is 0 Å². The van der Waals surface area contributed by atoms with Crippen molar-refractivity contribution in [3.05, 3.63) is 50.8 Å². The molecule has 0 atom stereocenters. The highest BCUT2D eigenvalue weighted by atomic mass is 32.1. The Balaban J connectivity index is 2.25. The van der Waals surface area contributed by atoms with Crippen LogP contribution in [0.2, 0.25) is 0 Å². The van der Waals surface area contributed by atoms with E-state index in [2.05, 4.69) is 4.98 Å². The van der Waals surface area contributed by atoms with Gasteiger partial charge in [0.15, 0.2) is 6.29 Å². The van der Waals surface area contributed by atoms with Gasteiger partial charge < -0.3 is 4.57 Å². The summed E-state index contributed by atoms with van der Waals surface area (Å²) < 4.78 is 1.55. The van der Waals surface area contributed by atoms with E-state index in [1.165, 1.54) is 23.6 Å². The summed E-state index contributed by atoms with van der Waals surface area (Å²) in [5.41, 5.74) is -0.0691. The van der Waals surface area contributed by atoms with Gasteiger partial charge in [0, 0.05) is 18.5 Å². The average Bonchev–Trinajstić information content (AvgIpc) is 2.69. The third kappa shape index (κ3) is 2.19. The first kappa shape index (κ1) is 9.79. The Labute approximate surface area is 89.8 Å². The average molecular weight is 220 g/mol. The maximum Gasteiger partial charge on any atom is 0.250 e. The highest BCUT2D eigenvalue weighted by Gasteiger charge is 2.02. The molecule has 0 aliphatic rings. The number of carbonyl (C=O) groups excluding carboxylic acids is 1. The van der Waals surface area contributed by atoms with Crippen LogP contribution in [0.1, 0.15) is 14.7 Å². The second-order valence-corrected chi connectivity index (χ2v) is 4.09. The zero-order chi connectivity index (χ0) is 10.7. The number of rotatable bonds is 3. The Morgan fingerprint density at radius 1 is 1.47 bits per heavy atom. The fraction of sp³-hybridized carbons (Fsp3) is 0.100. The van der Waals surface area contributed by atoms with Crippen LogP contribution >= 0.6 is 11.3 Å². The Morgan fingerprint density at radius 3 is 3.00 bits per heavy atom. The lowest BCUT2D eigenvalue weighted by Gasteiger charge is -2.00. The molecule has 76 valence electrons. The fourth-order valence-corrected chi connectivity index (χ4v) is 1.92. The van der Waals surface area contributed by atoms with Crippen molar-refractivity contribution in [1.82, 2.24) is 9.55 Å². The molecule has 2 aromatic rings. The molecule has 5 heteroatoms. The van der Waals surface area contributed by atoms with Gasteiger partial charge in [-0.25, -0.2) is 4.98 Å². The molecule has 4 nitrogen and oxygen atoms in total. The van der Waals surface area contributed by atoms with E-state index in [0.717, 1.165) is 11.3 Å². The molecule has 2 rings (SSSR count). The molecule has 0 fully saturated rings. The number of pyridine rings is 1. The van der Waals surface area contributed by atoms with E-state index in [4.69, 9.17) is 0 Å². The number of carbonyl (C=O) groups is 1. The van der Waals surface area contributed by atoms with Gasteiger partial charge in [0.05, 0.1) is 11.4 Å². The highest BCUT2D eigenvalue weighted by molar-refractivity contribution is 7.13. The first-order chi connectivity index (χ1) is 7.29. The van der Waals surface area contributed by atoms with E-state index in [1.54, 1.807) is 22.9 Å². The molecule has 0 aromatic carbocycles. The Bertz CT molecular complexity index is 530. The normalized spacial score (nSPS) is 10.1. The maximum absolute atomic E-state index is 11.4. The summed E-state index contributed by atoms with van der Waals surface area (Å²) in [6.07, 6.45) is 3.97. The van der Waals surface area contributed by atoms with E-state index < -0.39 is 0 Å². The minimum absolute atomic E-state index is 0.0691. The maximum atomic E-state index is 11.4. The molecule has 0 amide bonds. The van der Waals surface area contributed by atoms with Crippen LogP contribution in [0.5, 0.6) is 0 Å². The fourth-order valence-electron chi connectivity index (χ4n) is 1.19. The summed E-state index contributed by atoms with van der Waals surface area (Å²) in [4.78, 5) is 26.4. The predicted molar refractivity (Wildman–Crippen MR) is 57.3 cm³/mol. The van der Waals surface area contributed by atoms with Gasteiger partial charge in [0.2, 0.25) is 0 Å². The molecule has 0 aliphatic carbocycles. The van der Waals surface area contributed by atoms with Crippen LogP contribution in [-0.2, 0) is 6.54 Å². The van der Waals surface area contributed by atoms with Crippen LogP contribution in [0.3, 0.4) is 0 Å². The van der Waals surface area contributed by atoms with E-state index >= 15 is 0 Å². The third-order valence-electron chi connectivity index (χ3n) is 1.89. The van der Waals surface area contributed by atoms with E-state index in [0.29, 0.717) is 11.4 Å².